The molecule has 0 bridgehead atoms. The molecule has 0 radical (unpaired) electrons. The first-order valence-corrected chi connectivity index (χ1v) is 5.83. The van der Waals surface area contributed by atoms with Gasteiger partial charge in [-0.05, 0) is 42.3 Å². The van der Waals surface area contributed by atoms with Gasteiger partial charge >= 0.3 is 0 Å². The summed E-state index contributed by atoms with van der Waals surface area (Å²) >= 11 is 0. The Kier molecular flexibility index (Phi) is 3.74. The summed E-state index contributed by atoms with van der Waals surface area (Å²) in [4.78, 5) is 11.3. The van der Waals surface area contributed by atoms with Crippen molar-refractivity contribution in [1.29, 1.82) is 0 Å². The summed E-state index contributed by atoms with van der Waals surface area (Å²) in [5.41, 5.74) is 7.20. The lowest BCUT2D eigenvalue weighted by Gasteiger charge is -2.09. The standard InChI is InChI=1S/C15H14FNO2/c1-9(18)10-5-6-14(16)13(8-10)11-3-2-4-12(7-11)15(17)19/h2-8,15,19H,17H2,1H3. The van der Waals surface area contributed by atoms with Crippen molar-refractivity contribution < 1.29 is 14.3 Å². The van der Waals surface area contributed by atoms with Crippen molar-refractivity contribution in [2.45, 2.75) is 13.2 Å². The lowest BCUT2D eigenvalue weighted by molar-refractivity contribution is 0.101. The molecule has 0 aliphatic rings. The molecule has 4 heteroatoms. The average Bonchev–Trinajstić information content (AvgIpc) is 2.39. The predicted molar refractivity (Wildman–Crippen MR) is 71.0 cm³/mol. The maximum Gasteiger partial charge on any atom is 0.159 e. The van der Waals surface area contributed by atoms with Gasteiger partial charge in [0.15, 0.2) is 5.78 Å². The Hall–Kier alpha value is -2.04. The molecule has 3 N–H and O–H groups in total. The summed E-state index contributed by atoms with van der Waals surface area (Å²) in [5, 5.41) is 9.34. The van der Waals surface area contributed by atoms with Gasteiger partial charge in [-0.25, -0.2) is 4.39 Å². The number of aliphatic hydroxyl groups excluding tert-OH is 1. The van der Waals surface area contributed by atoms with Crippen LogP contribution in [-0.2, 0) is 0 Å². The Morgan fingerprint density at radius 1 is 1.26 bits per heavy atom. The molecule has 0 amide bonds. The molecule has 98 valence electrons. The van der Waals surface area contributed by atoms with Crippen molar-refractivity contribution in [3.63, 3.8) is 0 Å². The van der Waals surface area contributed by atoms with Crippen LogP contribution in [0.2, 0.25) is 0 Å². The molecule has 0 spiro atoms. The fourth-order valence-electron chi connectivity index (χ4n) is 1.86. The van der Waals surface area contributed by atoms with Gasteiger partial charge in [-0.1, -0.05) is 18.2 Å². The van der Waals surface area contributed by atoms with Crippen LogP contribution < -0.4 is 5.73 Å². The van der Waals surface area contributed by atoms with Gasteiger partial charge in [0, 0.05) is 11.1 Å². The fourth-order valence-corrected chi connectivity index (χ4v) is 1.86. The van der Waals surface area contributed by atoms with Crippen molar-refractivity contribution >= 4 is 5.78 Å². The van der Waals surface area contributed by atoms with Gasteiger partial charge < -0.3 is 10.8 Å². The van der Waals surface area contributed by atoms with Gasteiger partial charge in [0.05, 0.1) is 0 Å². The minimum atomic E-state index is -1.11. The average molecular weight is 259 g/mol. The van der Waals surface area contributed by atoms with E-state index < -0.39 is 12.0 Å². The lowest BCUT2D eigenvalue weighted by atomic mass is 9.99. The van der Waals surface area contributed by atoms with E-state index in [1.807, 2.05) is 0 Å². The van der Waals surface area contributed by atoms with E-state index in [0.717, 1.165) is 0 Å². The smallest absolute Gasteiger partial charge is 0.159 e. The Morgan fingerprint density at radius 3 is 2.63 bits per heavy atom. The van der Waals surface area contributed by atoms with Gasteiger partial charge in [-0.15, -0.1) is 0 Å². The maximum atomic E-state index is 13.8. The molecule has 0 aliphatic carbocycles. The molecule has 0 fully saturated rings. The Morgan fingerprint density at radius 2 is 2.00 bits per heavy atom. The predicted octanol–water partition coefficient (Wildman–Crippen LogP) is 2.64. The number of carbonyl (C=O) groups excluding carboxylic acids is 1. The van der Waals surface area contributed by atoms with Crippen LogP contribution in [-0.4, -0.2) is 10.9 Å². The second kappa shape index (κ2) is 5.30. The van der Waals surface area contributed by atoms with Gasteiger partial charge in [0.1, 0.15) is 12.0 Å². The minimum Gasteiger partial charge on any atom is -0.375 e. The highest BCUT2D eigenvalue weighted by Crippen LogP contribution is 2.26. The third-order valence-corrected chi connectivity index (χ3v) is 2.91. The number of hydrogen-bond donors (Lipinski definition) is 2. The highest BCUT2D eigenvalue weighted by Gasteiger charge is 2.10. The largest absolute Gasteiger partial charge is 0.375 e. The first kappa shape index (κ1) is 13.4. The van der Waals surface area contributed by atoms with Gasteiger partial charge in [0.25, 0.3) is 0 Å². The van der Waals surface area contributed by atoms with E-state index in [4.69, 9.17) is 5.73 Å². The number of aliphatic hydroxyl groups is 1. The number of halogens is 1. The van der Waals surface area contributed by atoms with Crippen LogP contribution in [0.1, 0.15) is 29.1 Å². The molecule has 1 atom stereocenters. The summed E-state index contributed by atoms with van der Waals surface area (Å²) in [7, 11) is 0. The molecule has 0 saturated heterocycles. The normalized spacial score (nSPS) is 12.2. The monoisotopic (exact) mass is 259 g/mol. The van der Waals surface area contributed by atoms with Crippen LogP contribution in [0.3, 0.4) is 0 Å². The molecule has 1 unspecified atom stereocenters. The second-order valence-corrected chi connectivity index (χ2v) is 4.32. The van der Waals surface area contributed by atoms with Gasteiger partial charge in [0.2, 0.25) is 0 Å². The highest BCUT2D eigenvalue weighted by atomic mass is 19.1. The summed E-state index contributed by atoms with van der Waals surface area (Å²) in [6.45, 7) is 1.43. The second-order valence-electron chi connectivity index (χ2n) is 4.32. The number of ketones is 1. The molecular weight excluding hydrogens is 245 g/mol. The Balaban J connectivity index is 2.54. The zero-order valence-electron chi connectivity index (χ0n) is 10.4. The van der Waals surface area contributed by atoms with Crippen molar-refractivity contribution in [2.75, 3.05) is 0 Å². The molecule has 2 aromatic rings. The van der Waals surface area contributed by atoms with Gasteiger partial charge in [-0.3, -0.25) is 4.79 Å². The molecule has 0 saturated carbocycles. The number of Topliss-reactive ketones (excluding diaryl/α,β-unsaturated/α-hetero) is 1. The molecule has 2 rings (SSSR count). The lowest BCUT2D eigenvalue weighted by Crippen LogP contribution is -2.08. The quantitative estimate of drug-likeness (QED) is 0.658. The number of nitrogens with two attached hydrogens (primary N) is 1. The maximum absolute atomic E-state index is 13.8. The molecule has 2 aromatic carbocycles. The topological polar surface area (TPSA) is 63.3 Å². The zero-order chi connectivity index (χ0) is 14.0. The summed E-state index contributed by atoms with van der Waals surface area (Å²) in [6.07, 6.45) is -1.11. The van der Waals surface area contributed by atoms with E-state index in [0.29, 0.717) is 22.3 Å². The summed E-state index contributed by atoms with van der Waals surface area (Å²) in [5.74, 6) is -0.551. The molecule has 0 aliphatic heterocycles. The fraction of sp³-hybridized carbons (Fsp3) is 0.133. The van der Waals surface area contributed by atoms with Crippen LogP contribution in [0, 0.1) is 5.82 Å². The van der Waals surface area contributed by atoms with E-state index in [9.17, 15) is 14.3 Å². The third kappa shape index (κ3) is 2.86. The SMILES string of the molecule is CC(=O)c1ccc(F)c(-c2cccc(C(N)O)c2)c1. The van der Waals surface area contributed by atoms with E-state index in [1.54, 1.807) is 24.3 Å². The third-order valence-electron chi connectivity index (χ3n) is 2.91. The van der Waals surface area contributed by atoms with Crippen LogP contribution in [0.5, 0.6) is 0 Å². The molecule has 0 heterocycles. The van der Waals surface area contributed by atoms with Crippen LogP contribution in [0.15, 0.2) is 42.5 Å². The minimum absolute atomic E-state index is 0.128. The van der Waals surface area contributed by atoms with Crippen molar-refractivity contribution in [3.05, 3.63) is 59.4 Å². The molecule has 19 heavy (non-hydrogen) atoms. The Bertz CT molecular complexity index is 623. The number of benzene rings is 2. The van der Waals surface area contributed by atoms with Crippen LogP contribution in [0.25, 0.3) is 11.1 Å². The van der Waals surface area contributed by atoms with E-state index in [-0.39, 0.29) is 5.78 Å². The highest BCUT2D eigenvalue weighted by molar-refractivity contribution is 5.95. The number of rotatable bonds is 3. The van der Waals surface area contributed by atoms with Crippen LogP contribution in [0.4, 0.5) is 4.39 Å². The first-order chi connectivity index (χ1) is 8.99. The molecule has 0 aromatic heterocycles. The van der Waals surface area contributed by atoms with Gasteiger partial charge in [-0.2, -0.15) is 0 Å². The van der Waals surface area contributed by atoms with Crippen LogP contribution >= 0.6 is 0 Å². The van der Waals surface area contributed by atoms with E-state index in [1.165, 1.54) is 25.1 Å². The summed E-state index contributed by atoms with van der Waals surface area (Å²) < 4.78 is 13.8. The van der Waals surface area contributed by atoms with Crippen molar-refractivity contribution in [3.8, 4) is 11.1 Å². The zero-order valence-corrected chi connectivity index (χ0v) is 10.4. The van der Waals surface area contributed by atoms with E-state index in [2.05, 4.69) is 0 Å². The number of hydrogen-bond acceptors (Lipinski definition) is 3. The summed E-state index contributed by atoms with van der Waals surface area (Å²) in [6, 6.07) is 10.9. The Labute approximate surface area is 110 Å². The van der Waals surface area contributed by atoms with Crippen molar-refractivity contribution in [2.24, 2.45) is 5.73 Å². The first-order valence-electron chi connectivity index (χ1n) is 5.83. The molecule has 3 nitrogen and oxygen atoms in total. The van der Waals surface area contributed by atoms with E-state index >= 15 is 0 Å². The van der Waals surface area contributed by atoms with Crippen molar-refractivity contribution in [1.82, 2.24) is 0 Å². The number of carbonyl (C=O) groups is 1. The molecular formula is C15H14FNO2.